The molecule has 4 N–H and O–H groups in total. The maximum Gasteiger partial charge on any atom is 0.115 e. The molecule has 4 fully saturated rings. The first-order valence-electron chi connectivity index (χ1n) is 16.0. The van der Waals surface area contributed by atoms with Gasteiger partial charge >= 0.3 is 0 Å². The standard InChI is InChI=1S/C36H50O4/c1-23(16-19-36(40,24-10-6-4-7-11-24)25-12-8-5-9-13-25)28-14-15-29-33-30(22-32(39)35(28,29)3)34(2)18-17-27(37)20-26(34)21-31(33)38/h4-13,23,26-33,37-40H,14-22H2,1-3H3/t23-,26+,27-,28-,29+,30+,31+,32+,33+,34-,35+/m0/s1. The van der Waals surface area contributed by atoms with Crippen molar-refractivity contribution in [3.8, 4) is 0 Å². The van der Waals surface area contributed by atoms with E-state index in [2.05, 4.69) is 20.8 Å². The molecular formula is C36H50O4. The summed E-state index contributed by atoms with van der Waals surface area (Å²) in [6.07, 6.45) is 6.85. The molecule has 4 saturated carbocycles. The summed E-state index contributed by atoms with van der Waals surface area (Å²) in [4.78, 5) is 0. The molecule has 0 amide bonds. The fourth-order valence-electron chi connectivity index (χ4n) is 10.7. The van der Waals surface area contributed by atoms with E-state index in [0.717, 1.165) is 62.5 Å². The van der Waals surface area contributed by atoms with E-state index in [4.69, 9.17) is 0 Å². The van der Waals surface area contributed by atoms with Gasteiger partial charge in [0, 0.05) is 0 Å². The highest BCUT2D eigenvalue weighted by Gasteiger charge is 2.65. The molecule has 218 valence electrons. The van der Waals surface area contributed by atoms with Crippen LogP contribution in [0.4, 0.5) is 0 Å². The van der Waals surface area contributed by atoms with Gasteiger partial charge in [-0.1, -0.05) is 81.4 Å². The summed E-state index contributed by atoms with van der Waals surface area (Å²) in [6, 6.07) is 20.1. The second-order valence-corrected chi connectivity index (χ2v) is 14.6. The van der Waals surface area contributed by atoms with Crippen molar-refractivity contribution in [2.75, 3.05) is 0 Å². The molecule has 2 aromatic carbocycles. The molecule has 2 aromatic rings. The maximum absolute atomic E-state index is 12.1. The molecule has 0 spiro atoms. The predicted octanol–water partition coefficient (Wildman–Crippen LogP) is 6.30. The zero-order chi connectivity index (χ0) is 28.3. The lowest BCUT2D eigenvalue weighted by molar-refractivity contribution is -0.207. The van der Waals surface area contributed by atoms with Gasteiger partial charge in [-0.2, -0.15) is 0 Å². The minimum Gasteiger partial charge on any atom is -0.393 e. The molecule has 40 heavy (non-hydrogen) atoms. The Balaban J connectivity index is 1.24. The zero-order valence-corrected chi connectivity index (χ0v) is 24.6. The molecule has 0 aliphatic heterocycles. The van der Waals surface area contributed by atoms with E-state index >= 15 is 0 Å². The van der Waals surface area contributed by atoms with E-state index in [1.807, 2.05) is 60.7 Å². The second-order valence-electron chi connectivity index (χ2n) is 14.6. The largest absolute Gasteiger partial charge is 0.393 e. The van der Waals surface area contributed by atoms with Gasteiger partial charge < -0.3 is 20.4 Å². The van der Waals surface area contributed by atoms with Gasteiger partial charge in [0.1, 0.15) is 5.60 Å². The van der Waals surface area contributed by atoms with E-state index in [1.165, 1.54) is 0 Å². The highest BCUT2D eigenvalue weighted by molar-refractivity contribution is 5.35. The van der Waals surface area contributed by atoms with E-state index in [-0.39, 0.29) is 35.1 Å². The second kappa shape index (κ2) is 10.5. The third-order valence-electron chi connectivity index (χ3n) is 13.0. The number of hydrogen-bond acceptors (Lipinski definition) is 4. The molecule has 0 aromatic heterocycles. The van der Waals surface area contributed by atoms with Crippen molar-refractivity contribution in [2.24, 2.45) is 46.3 Å². The normalized spacial score (nSPS) is 42.0. The molecule has 0 unspecified atom stereocenters. The minimum absolute atomic E-state index is 0.0942. The van der Waals surface area contributed by atoms with Crippen molar-refractivity contribution in [3.63, 3.8) is 0 Å². The van der Waals surface area contributed by atoms with Gasteiger partial charge in [0.05, 0.1) is 18.3 Å². The van der Waals surface area contributed by atoms with E-state index in [1.54, 1.807) is 0 Å². The summed E-state index contributed by atoms with van der Waals surface area (Å²) in [5.74, 6) is 1.90. The quantitative estimate of drug-likeness (QED) is 0.343. The van der Waals surface area contributed by atoms with E-state index < -0.39 is 5.60 Å². The van der Waals surface area contributed by atoms with Crippen LogP contribution in [0.3, 0.4) is 0 Å². The number of fused-ring (bicyclic) bond motifs is 5. The molecule has 6 rings (SSSR count). The molecule has 11 atom stereocenters. The number of aliphatic hydroxyl groups excluding tert-OH is 3. The van der Waals surface area contributed by atoms with Crippen molar-refractivity contribution >= 4 is 0 Å². The first-order valence-corrected chi connectivity index (χ1v) is 16.0. The summed E-state index contributed by atoms with van der Waals surface area (Å²) < 4.78 is 0. The lowest BCUT2D eigenvalue weighted by Crippen LogP contribution is -2.62. The Bertz CT molecular complexity index is 1110. The van der Waals surface area contributed by atoms with Crippen LogP contribution in [0.1, 0.15) is 89.7 Å². The number of aliphatic hydroxyl groups is 4. The van der Waals surface area contributed by atoms with Gasteiger partial charge in [0.2, 0.25) is 0 Å². The molecule has 0 heterocycles. The van der Waals surface area contributed by atoms with Crippen LogP contribution in [-0.2, 0) is 5.60 Å². The van der Waals surface area contributed by atoms with Crippen molar-refractivity contribution in [1.29, 1.82) is 0 Å². The summed E-state index contributed by atoms with van der Waals surface area (Å²) in [5.41, 5.74) is 0.666. The average Bonchev–Trinajstić information content (AvgIpc) is 3.32. The molecule has 0 bridgehead atoms. The van der Waals surface area contributed by atoms with Crippen LogP contribution in [0, 0.1) is 46.3 Å². The van der Waals surface area contributed by atoms with Crippen LogP contribution in [0.2, 0.25) is 0 Å². The zero-order valence-electron chi connectivity index (χ0n) is 24.6. The Hall–Kier alpha value is -1.72. The Labute approximate surface area is 240 Å². The smallest absolute Gasteiger partial charge is 0.115 e. The van der Waals surface area contributed by atoms with Gasteiger partial charge in [-0.15, -0.1) is 0 Å². The molecule has 0 saturated heterocycles. The molecule has 4 aliphatic rings. The van der Waals surface area contributed by atoms with Gasteiger partial charge in [-0.25, -0.2) is 0 Å². The van der Waals surface area contributed by atoms with Crippen LogP contribution in [0.15, 0.2) is 60.7 Å². The first-order chi connectivity index (χ1) is 19.1. The van der Waals surface area contributed by atoms with Crippen molar-refractivity contribution in [1.82, 2.24) is 0 Å². The number of rotatable bonds is 6. The van der Waals surface area contributed by atoms with E-state index in [9.17, 15) is 20.4 Å². The Kier molecular flexibility index (Phi) is 7.47. The summed E-state index contributed by atoms with van der Waals surface area (Å²) in [6.45, 7) is 7.04. The minimum atomic E-state index is -1.05. The summed E-state index contributed by atoms with van der Waals surface area (Å²) in [7, 11) is 0. The fraction of sp³-hybridized carbons (Fsp3) is 0.667. The van der Waals surface area contributed by atoms with Gasteiger partial charge in [0.25, 0.3) is 0 Å². The molecular weight excluding hydrogens is 496 g/mol. The maximum atomic E-state index is 12.1. The third-order valence-corrected chi connectivity index (χ3v) is 13.0. The monoisotopic (exact) mass is 546 g/mol. The first kappa shape index (κ1) is 28.4. The highest BCUT2D eigenvalue weighted by Crippen LogP contribution is 2.68. The third kappa shape index (κ3) is 4.40. The van der Waals surface area contributed by atoms with Gasteiger partial charge in [-0.3, -0.25) is 0 Å². The highest BCUT2D eigenvalue weighted by atomic mass is 16.3. The number of benzene rings is 2. The Morgan fingerprint density at radius 3 is 2.08 bits per heavy atom. The lowest BCUT2D eigenvalue weighted by Gasteiger charge is -2.63. The van der Waals surface area contributed by atoms with Crippen LogP contribution in [-0.4, -0.2) is 38.7 Å². The Morgan fingerprint density at radius 2 is 1.45 bits per heavy atom. The fourth-order valence-corrected chi connectivity index (χ4v) is 10.7. The molecule has 0 radical (unpaired) electrons. The van der Waals surface area contributed by atoms with Crippen LogP contribution < -0.4 is 0 Å². The van der Waals surface area contributed by atoms with E-state index in [0.29, 0.717) is 36.0 Å². The van der Waals surface area contributed by atoms with Crippen LogP contribution in [0.25, 0.3) is 0 Å². The summed E-state index contributed by atoms with van der Waals surface area (Å²) in [5, 5.41) is 46.1. The Morgan fingerprint density at radius 1 is 0.825 bits per heavy atom. The lowest BCUT2D eigenvalue weighted by atomic mass is 9.43. The van der Waals surface area contributed by atoms with Crippen molar-refractivity contribution in [3.05, 3.63) is 71.8 Å². The van der Waals surface area contributed by atoms with Gasteiger partial charge in [-0.05, 0) is 115 Å². The van der Waals surface area contributed by atoms with Gasteiger partial charge in [0.15, 0.2) is 0 Å². The average molecular weight is 547 g/mol. The summed E-state index contributed by atoms with van der Waals surface area (Å²) >= 11 is 0. The van der Waals surface area contributed by atoms with Crippen molar-refractivity contribution in [2.45, 2.75) is 102 Å². The topological polar surface area (TPSA) is 80.9 Å². The molecule has 4 aliphatic carbocycles. The van der Waals surface area contributed by atoms with Crippen LogP contribution in [0.5, 0.6) is 0 Å². The molecule has 4 heteroatoms. The number of hydrogen-bond donors (Lipinski definition) is 4. The SMILES string of the molecule is C[C@@H](CCC(O)(c1ccccc1)c1ccccc1)[C@@H]1CC[C@@H]2[C@H]3[C@H](O)C[C@H]4C[C@@H](O)CC[C@]4(C)[C@@H]3C[C@@H](O)[C@@]21C. The van der Waals surface area contributed by atoms with Crippen molar-refractivity contribution < 1.29 is 20.4 Å². The molecule has 4 nitrogen and oxygen atoms in total. The predicted molar refractivity (Wildman–Crippen MR) is 158 cm³/mol. The van der Waals surface area contributed by atoms with Crippen LogP contribution >= 0.6 is 0 Å².